The monoisotopic (exact) mass is 403 g/mol. The van der Waals surface area contributed by atoms with Crippen LogP contribution in [-0.2, 0) is 15.0 Å². The first-order valence-electron chi connectivity index (χ1n) is 9.08. The average molecular weight is 404 g/mol. The Morgan fingerprint density at radius 2 is 1.46 bits per heavy atom. The first-order valence-corrected chi connectivity index (χ1v) is 10.5. The molecule has 0 spiro atoms. The summed E-state index contributed by atoms with van der Waals surface area (Å²) in [5, 5.41) is 2.89. The smallest absolute Gasteiger partial charge is 0.304 e. The van der Waals surface area contributed by atoms with Gasteiger partial charge >= 0.3 is 10.2 Å². The van der Waals surface area contributed by atoms with E-state index >= 15 is 0 Å². The predicted molar refractivity (Wildman–Crippen MR) is 115 cm³/mol. The molecule has 152 valence electrons. The van der Waals surface area contributed by atoms with Gasteiger partial charge in [-0.15, -0.1) is 0 Å². The molecule has 2 rings (SSSR count). The van der Waals surface area contributed by atoms with Crippen LogP contribution >= 0.6 is 0 Å². The second-order valence-corrected chi connectivity index (χ2v) is 9.48. The molecule has 0 unspecified atom stereocenters. The van der Waals surface area contributed by atoms with Gasteiger partial charge in [-0.1, -0.05) is 29.8 Å². The Morgan fingerprint density at radius 1 is 0.893 bits per heavy atom. The van der Waals surface area contributed by atoms with E-state index in [1.54, 1.807) is 6.07 Å². The van der Waals surface area contributed by atoms with Crippen LogP contribution in [0.3, 0.4) is 0 Å². The van der Waals surface area contributed by atoms with Crippen LogP contribution < -0.4 is 9.62 Å². The van der Waals surface area contributed by atoms with Crippen molar-refractivity contribution < 1.29 is 13.2 Å². The third kappa shape index (κ3) is 4.72. The molecule has 7 heteroatoms. The normalized spacial score (nSPS) is 11.6. The topological polar surface area (TPSA) is 69.7 Å². The van der Waals surface area contributed by atoms with Gasteiger partial charge in [-0.25, -0.2) is 4.31 Å². The highest BCUT2D eigenvalue weighted by Gasteiger charge is 2.28. The SMILES string of the molecule is Cc1cc(C)c(NC(=O)CN(c2cc(C)ccc2C)S(=O)(=O)N(C)C)c(C)c1. The number of carbonyl (C=O) groups excluding carboxylic acids is 1. The minimum absolute atomic E-state index is 0.308. The number of nitrogens with one attached hydrogen (secondary N) is 1. The number of benzene rings is 2. The molecular formula is C21H29N3O3S. The van der Waals surface area contributed by atoms with Gasteiger partial charge in [-0.3, -0.25) is 4.79 Å². The standard InChI is InChI=1S/C21H29N3O3S/c1-14-8-9-16(3)19(12-14)24(28(26,27)23(6)7)13-20(25)22-21-17(4)10-15(2)11-18(21)5/h8-12H,13H2,1-7H3,(H,22,25). The second-order valence-electron chi connectivity index (χ2n) is 7.41. The molecule has 0 fully saturated rings. The van der Waals surface area contributed by atoms with E-state index in [0.29, 0.717) is 5.69 Å². The van der Waals surface area contributed by atoms with E-state index in [1.165, 1.54) is 14.1 Å². The first kappa shape index (κ1) is 21.9. The van der Waals surface area contributed by atoms with Crippen LogP contribution in [0.5, 0.6) is 0 Å². The minimum atomic E-state index is -3.84. The third-order valence-corrected chi connectivity index (χ3v) is 6.41. The van der Waals surface area contributed by atoms with Crippen LogP contribution in [0.2, 0.25) is 0 Å². The fourth-order valence-electron chi connectivity index (χ4n) is 3.16. The van der Waals surface area contributed by atoms with Crippen LogP contribution in [-0.4, -0.2) is 39.3 Å². The van der Waals surface area contributed by atoms with E-state index in [-0.39, 0.29) is 12.5 Å². The van der Waals surface area contributed by atoms with Crippen molar-refractivity contribution in [3.63, 3.8) is 0 Å². The molecule has 28 heavy (non-hydrogen) atoms. The lowest BCUT2D eigenvalue weighted by molar-refractivity contribution is -0.114. The molecule has 0 aliphatic carbocycles. The molecule has 0 saturated heterocycles. The van der Waals surface area contributed by atoms with Crippen molar-refractivity contribution in [3.05, 3.63) is 58.1 Å². The molecule has 1 N–H and O–H groups in total. The lowest BCUT2D eigenvalue weighted by Crippen LogP contribution is -2.44. The molecule has 1 amide bonds. The van der Waals surface area contributed by atoms with Crippen LogP contribution in [0, 0.1) is 34.6 Å². The van der Waals surface area contributed by atoms with E-state index in [4.69, 9.17) is 0 Å². The zero-order valence-corrected chi connectivity index (χ0v) is 18.4. The third-order valence-electron chi connectivity index (χ3n) is 4.60. The molecule has 0 aliphatic heterocycles. The van der Waals surface area contributed by atoms with Crippen LogP contribution in [0.15, 0.2) is 30.3 Å². The number of rotatable bonds is 6. The lowest BCUT2D eigenvalue weighted by Gasteiger charge is -2.28. The van der Waals surface area contributed by atoms with Crippen LogP contribution in [0.4, 0.5) is 11.4 Å². The fraction of sp³-hybridized carbons (Fsp3) is 0.381. The average Bonchev–Trinajstić information content (AvgIpc) is 2.58. The molecule has 0 aromatic heterocycles. The van der Waals surface area contributed by atoms with Gasteiger partial charge in [-0.2, -0.15) is 12.7 Å². The maximum atomic E-state index is 12.9. The summed E-state index contributed by atoms with van der Waals surface area (Å²) in [6.45, 7) is 9.26. The Kier molecular flexibility index (Phi) is 6.52. The van der Waals surface area contributed by atoms with Gasteiger partial charge in [0.15, 0.2) is 0 Å². The zero-order chi connectivity index (χ0) is 21.2. The molecule has 0 radical (unpaired) electrons. The van der Waals surface area contributed by atoms with Crippen molar-refractivity contribution in [1.29, 1.82) is 0 Å². The summed E-state index contributed by atoms with van der Waals surface area (Å²) < 4.78 is 28.1. The van der Waals surface area contributed by atoms with Gasteiger partial charge in [0, 0.05) is 19.8 Å². The number of hydrogen-bond donors (Lipinski definition) is 1. The minimum Gasteiger partial charge on any atom is -0.324 e. The molecule has 2 aromatic rings. The Balaban J connectivity index is 2.41. The summed E-state index contributed by atoms with van der Waals surface area (Å²) in [5.41, 5.74) is 5.93. The first-order chi connectivity index (χ1) is 12.9. The quantitative estimate of drug-likeness (QED) is 0.803. The van der Waals surface area contributed by atoms with Gasteiger partial charge in [0.25, 0.3) is 0 Å². The van der Waals surface area contributed by atoms with E-state index in [9.17, 15) is 13.2 Å². The van der Waals surface area contributed by atoms with E-state index in [1.807, 2.05) is 58.9 Å². The summed E-state index contributed by atoms with van der Waals surface area (Å²) in [5.74, 6) is -0.388. The fourth-order valence-corrected chi connectivity index (χ4v) is 4.28. The van der Waals surface area contributed by atoms with Crippen molar-refractivity contribution in [2.24, 2.45) is 0 Å². The van der Waals surface area contributed by atoms with Crippen molar-refractivity contribution in [2.75, 3.05) is 30.3 Å². The molecular weight excluding hydrogens is 374 g/mol. The van der Waals surface area contributed by atoms with Gasteiger partial charge in [0.2, 0.25) is 5.91 Å². The predicted octanol–water partition coefficient (Wildman–Crippen LogP) is 3.48. The van der Waals surface area contributed by atoms with Gasteiger partial charge < -0.3 is 5.32 Å². The van der Waals surface area contributed by atoms with Crippen molar-refractivity contribution in [2.45, 2.75) is 34.6 Å². The summed E-state index contributed by atoms with van der Waals surface area (Å²) in [6, 6.07) is 9.53. The second kappa shape index (κ2) is 8.32. The van der Waals surface area contributed by atoms with Gasteiger partial charge in [0.05, 0.1) is 5.69 Å². The number of amides is 1. The number of hydrogen-bond acceptors (Lipinski definition) is 3. The molecule has 0 aliphatic rings. The lowest BCUT2D eigenvalue weighted by atomic mass is 10.1. The Bertz CT molecular complexity index is 975. The van der Waals surface area contributed by atoms with Crippen molar-refractivity contribution >= 4 is 27.5 Å². The summed E-state index contributed by atoms with van der Waals surface area (Å²) in [7, 11) is -0.924. The van der Waals surface area contributed by atoms with E-state index in [0.717, 1.165) is 42.1 Å². The maximum Gasteiger partial charge on any atom is 0.304 e. The highest BCUT2D eigenvalue weighted by atomic mass is 32.2. The molecule has 0 atom stereocenters. The van der Waals surface area contributed by atoms with Crippen molar-refractivity contribution in [3.8, 4) is 0 Å². The molecule has 0 saturated carbocycles. The van der Waals surface area contributed by atoms with Gasteiger partial charge in [0.1, 0.15) is 6.54 Å². The van der Waals surface area contributed by atoms with Crippen LogP contribution in [0.25, 0.3) is 0 Å². The van der Waals surface area contributed by atoms with Crippen LogP contribution in [0.1, 0.15) is 27.8 Å². The van der Waals surface area contributed by atoms with Crippen molar-refractivity contribution in [1.82, 2.24) is 4.31 Å². The Labute approximate surface area is 168 Å². The Morgan fingerprint density at radius 3 is 2.00 bits per heavy atom. The number of aryl methyl sites for hydroxylation is 5. The molecule has 0 bridgehead atoms. The number of carbonyl (C=O) groups is 1. The highest BCUT2D eigenvalue weighted by molar-refractivity contribution is 7.90. The molecule has 6 nitrogen and oxygen atoms in total. The van der Waals surface area contributed by atoms with E-state index in [2.05, 4.69) is 5.32 Å². The summed E-state index contributed by atoms with van der Waals surface area (Å²) in [6.07, 6.45) is 0. The molecule has 2 aromatic carbocycles. The highest BCUT2D eigenvalue weighted by Crippen LogP contribution is 2.26. The van der Waals surface area contributed by atoms with Gasteiger partial charge in [-0.05, 0) is 62.9 Å². The van der Waals surface area contributed by atoms with E-state index < -0.39 is 10.2 Å². The largest absolute Gasteiger partial charge is 0.324 e. The molecule has 0 heterocycles. The Hall–Kier alpha value is -2.38. The maximum absolute atomic E-state index is 12.9. The number of anilines is 2. The zero-order valence-electron chi connectivity index (χ0n) is 17.6. The number of nitrogens with zero attached hydrogens (tertiary/aromatic N) is 2. The summed E-state index contributed by atoms with van der Waals surface area (Å²) >= 11 is 0. The summed E-state index contributed by atoms with van der Waals surface area (Å²) in [4.78, 5) is 12.8.